The van der Waals surface area contributed by atoms with Crippen molar-refractivity contribution in [2.24, 2.45) is 17.8 Å². The molecule has 1 aliphatic heterocycles. The molecule has 0 aromatic heterocycles. The van der Waals surface area contributed by atoms with Crippen LogP contribution in [0, 0.1) is 17.8 Å². The molecule has 0 bridgehead atoms. The highest BCUT2D eigenvalue weighted by atomic mass is 19.4. The third-order valence-electron chi connectivity index (χ3n) is 6.84. The molecule has 0 unspecified atom stereocenters. The van der Waals surface area contributed by atoms with Crippen LogP contribution >= 0.6 is 0 Å². The predicted octanol–water partition coefficient (Wildman–Crippen LogP) is 4.67. The first-order valence-corrected chi connectivity index (χ1v) is 11.6. The Morgan fingerprint density at radius 2 is 1.84 bits per heavy atom. The molecule has 2 aliphatic rings. The van der Waals surface area contributed by atoms with Gasteiger partial charge < -0.3 is 14.7 Å². The minimum Gasteiger partial charge on any atom is -0.389 e. The first kappa shape index (κ1) is 24.3. The molecule has 1 saturated carbocycles. The molecule has 1 aromatic carbocycles. The smallest absolute Gasteiger partial charge is 0.389 e. The highest BCUT2D eigenvalue weighted by molar-refractivity contribution is 5.49. The van der Waals surface area contributed by atoms with E-state index in [2.05, 4.69) is 25.7 Å². The van der Waals surface area contributed by atoms with E-state index in [1.807, 2.05) is 4.90 Å². The third kappa shape index (κ3) is 6.83. The molecule has 2 fully saturated rings. The summed E-state index contributed by atoms with van der Waals surface area (Å²) in [4.78, 5) is 4.15. The van der Waals surface area contributed by atoms with Crippen molar-refractivity contribution in [2.75, 3.05) is 44.2 Å². The van der Waals surface area contributed by atoms with Crippen LogP contribution in [0.2, 0.25) is 0 Å². The topological polar surface area (TPSA) is 35.9 Å². The van der Waals surface area contributed by atoms with Crippen LogP contribution in [0.4, 0.5) is 18.9 Å². The number of piperazine rings is 1. The molecule has 0 spiro atoms. The first-order valence-electron chi connectivity index (χ1n) is 11.6. The summed E-state index contributed by atoms with van der Waals surface area (Å²) in [6.07, 6.45) is -1.16. The predicted molar refractivity (Wildman–Crippen MR) is 117 cm³/mol. The second-order valence-corrected chi connectivity index (χ2v) is 9.69. The highest BCUT2D eigenvalue weighted by Crippen LogP contribution is 2.35. The maximum atomic E-state index is 13.0. The maximum absolute atomic E-state index is 13.0. The van der Waals surface area contributed by atoms with Gasteiger partial charge in [-0.25, -0.2) is 0 Å². The van der Waals surface area contributed by atoms with Gasteiger partial charge in [0.25, 0.3) is 0 Å². The molecule has 0 radical (unpaired) electrons. The lowest BCUT2D eigenvalue weighted by atomic mass is 9.75. The summed E-state index contributed by atoms with van der Waals surface area (Å²) < 4.78 is 45.1. The number of β-amino-alcohol motifs (C(OH)–C–C–N with tert-alkyl or cyclic N) is 1. The van der Waals surface area contributed by atoms with Crippen molar-refractivity contribution in [2.45, 2.75) is 58.4 Å². The fraction of sp³-hybridized carbons (Fsp3) is 0.750. The molecule has 0 amide bonds. The van der Waals surface area contributed by atoms with Gasteiger partial charge in [-0.05, 0) is 48.8 Å². The Balaban J connectivity index is 1.44. The van der Waals surface area contributed by atoms with E-state index in [9.17, 15) is 18.3 Å². The van der Waals surface area contributed by atoms with Gasteiger partial charge in [-0.1, -0.05) is 33.3 Å². The van der Waals surface area contributed by atoms with Crippen molar-refractivity contribution >= 4 is 5.69 Å². The second-order valence-electron chi connectivity index (χ2n) is 9.69. The van der Waals surface area contributed by atoms with Crippen molar-refractivity contribution in [1.29, 1.82) is 0 Å². The molecule has 1 aromatic rings. The Morgan fingerprint density at radius 3 is 2.48 bits per heavy atom. The minimum atomic E-state index is -4.33. The number of halogens is 3. The lowest BCUT2D eigenvalue weighted by Gasteiger charge is -2.39. The van der Waals surface area contributed by atoms with Crippen molar-refractivity contribution in [3.63, 3.8) is 0 Å². The summed E-state index contributed by atoms with van der Waals surface area (Å²) >= 11 is 0. The van der Waals surface area contributed by atoms with Crippen molar-refractivity contribution < 1.29 is 23.0 Å². The quantitative estimate of drug-likeness (QED) is 0.666. The lowest BCUT2D eigenvalue weighted by molar-refractivity contribution is -0.137. The number of nitrogens with zero attached hydrogens (tertiary/aromatic N) is 2. The highest BCUT2D eigenvalue weighted by Gasteiger charge is 2.33. The van der Waals surface area contributed by atoms with Crippen LogP contribution in [-0.2, 0) is 10.9 Å². The van der Waals surface area contributed by atoms with E-state index in [4.69, 9.17) is 4.74 Å². The average molecular weight is 443 g/mol. The van der Waals surface area contributed by atoms with Crippen LogP contribution in [0.3, 0.4) is 0 Å². The molecule has 31 heavy (non-hydrogen) atoms. The summed E-state index contributed by atoms with van der Waals surface area (Å²) in [5.41, 5.74) is -0.0127. The standard InChI is InChI=1S/C24H37F3N2O2/c1-17(2)22-8-7-18(3)13-23(22)31-16-21(30)15-28-9-11-29(12-10-28)20-6-4-5-19(14-20)24(25,26)27/h4-6,14,17-18,21-23,30H,7-13,15-16H2,1-3H3/t18-,21+,22+,23+/m0/s1. The molecule has 4 atom stereocenters. The average Bonchev–Trinajstić information content (AvgIpc) is 2.72. The number of ether oxygens (including phenoxy) is 1. The number of aliphatic hydroxyl groups excluding tert-OH is 1. The summed E-state index contributed by atoms with van der Waals surface area (Å²) in [5, 5.41) is 10.5. The van der Waals surface area contributed by atoms with E-state index >= 15 is 0 Å². The number of rotatable bonds is 7. The van der Waals surface area contributed by atoms with Gasteiger partial charge >= 0.3 is 6.18 Å². The summed E-state index contributed by atoms with van der Waals surface area (Å²) in [5.74, 6) is 1.80. The number of aliphatic hydroxyl groups is 1. The van der Waals surface area contributed by atoms with Crippen molar-refractivity contribution in [1.82, 2.24) is 4.90 Å². The Kier molecular flexibility index (Phi) is 8.27. The van der Waals surface area contributed by atoms with E-state index in [-0.39, 0.29) is 6.10 Å². The van der Waals surface area contributed by atoms with Gasteiger partial charge in [0.1, 0.15) is 0 Å². The molecule has 1 heterocycles. The molecule has 7 heteroatoms. The Hall–Kier alpha value is -1.31. The molecule has 1 saturated heterocycles. The van der Waals surface area contributed by atoms with Crippen LogP contribution < -0.4 is 4.90 Å². The monoisotopic (exact) mass is 442 g/mol. The molecule has 3 rings (SSSR count). The van der Waals surface area contributed by atoms with Crippen LogP contribution in [0.1, 0.15) is 45.6 Å². The second kappa shape index (κ2) is 10.5. The van der Waals surface area contributed by atoms with E-state index in [1.165, 1.54) is 25.0 Å². The van der Waals surface area contributed by atoms with Gasteiger partial charge in [-0.3, -0.25) is 4.90 Å². The fourth-order valence-corrected chi connectivity index (χ4v) is 4.96. The number of alkyl halides is 3. The number of anilines is 1. The van der Waals surface area contributed by atoms with Crippen molar-refractivity contribution in [3.05, 3.63) is 29.8 Å². The number of hydrogen-bond donors (Lipinski definition) is 1. The SMILES string of the molecule is CC(C)[C@H]1CC[C@H](C)C[C@H]1OC[C@H](O)CN1CCN(c2cccc(C(F)(F)F)c2)CC1. The Morgan fingerprint density at radius 1 is 1.13 bits per heavy atom. The Bertz CT molecular complexity index is 690. The number of hydrogen-bond acceptors (Lipinski definition) is 4. The van der Waals surface area contributed by atoms with Gasteiger partial charge in [0.2, 0.25) is 0 Å². The van der Waals surface area contributed by atoms with Crippen LogP contribution in [0.5, 0.6) is 0 Å². The van der Waals surface area contributed by atoms with E-state index in [1.54, 1.807) is 6.07 Å². The van der Waals surface area contributed by atoms with Crippen LogP contribution in [-0.4, -0.2) is 61.5 Å². The molecule has 176 valence electrons. The van der Waals surface area contributed by atoms with Crippen molar-refractivity contribution in [3.8, 4) is 0 Å². The summed E-state index contributed by atoms with van der Waals surface area (Å²) in [7, 11) is 0. The number of benzene rings is 1. The Labute approximate surface area is 184 Å². The first-order chi connectivity index (χ1) is 14.6. The van der Waals surface area contributed by atoms with Gasteiger partial charge in [0, 0.05) is 38.4 Å². The molecular weight excluding hydrogens is 405 g/mol. The van der Waals surface area contributed by atoms with Crippen LogP contribution in [0.15, 0.2) is 24.3 Å². The largest absolute Gasteiger partial charge is 0.416 e. The molecule has 4 nitrogen and oxygen atoms in total. The maximum Gasteiger partial charge on any atom is 0.416 e. The van der Waals surface area contributed by atoms with E-state index < -0.39 is 17.8 Å². The van der Waals surface area contributed by atoms with Gasteiger partial charge in [-0.2, -0.15) is 13.2 Å². The zero-order chi connectivity index (χ0) is 22.6. The molecule has 1 N–H and O–H groups in total. The minimum absolute atomic E-state index is 0.219. The summed E-state index contributed by atoms with van der Waals surface area (Å²) in [6.45, 7) is 10.3. The zero-order valence-electron chi connectivity index (χ0n) is 18.9. The van der Waals surface area contributed by atoms with E-state index in [0.29, 0.717) is 62.8 Å². The third-order valence-corrected chi connectivity index (χ3v) is 6.84. The van der Waals surface area contributed by atoms with Gasteiger partial charge in [-0.15, -0.1) is 0 Å². The zero-order valence-corrected chi connectivity index (χ0v) is 18.9. The molecular formula is C24H37F3N2O2. The fourth-order valence-electron chi connectivity index (χ4n) is 4.96. The van der Waals surface area contributed by atoms with E-state index in [0.717, 1.165) is 12.5 Å². The van der Waals surface area contributed by atoms with Crippen LogP contribution in [0.25, 0.3) is 0 Å². The lowest BCUT2D eigenvalue weighted by Crippen LogP contribution is -2.49. The molecule has 1 aliphatic carbocycles. The summed E-state index contributed by atoms with van der Waals surface area (Å²) in [6, 6.07) is 5.51. The normalized spacial score (nSPS) is 27.0. The van der Waals surface area contributed by atoms with Gasteiger partial charge in [0.15, 0.2) is 0 Å². The van der Waals surface area contributed by atoms with Gasteiger partial charge in [0.05, 0.1) is 24.4 Å².